The van der Waals surface area contributed by atoms with Crippen LogP contribution in [0.1, 0.15) is 22.9 Å². The van der Waals surface area contributed by atoms with Crippen molar-refractivity contribution in [1.29, 1.82) is 5.26 Å². The molecule has 3 heteroatoms. The Balaban J connectivity index is 2.47. The average molecular weight is 209 g/mol. The number of nitriles is 1. The van der Waals surface area contributed by atoms with E-state index < -0.39 is 0 Å². The van der Waals surface area contributed by atoms with E-state index in [1.807, 2.05) is 37.3 Å². The number of hydrogen-bond acceptors (Lipinski definition) is 3. The molecule has 78 valence electrons. The van der Waals surface area contributed by atoms with Crippen LogP contribution in [0.25, 0.3) is 0 Å². The average Bonchev–Trinajstić information content (AvgIpc) is 2.34. The molecule has 0 aliphatic heterocycles. The second-order valence-electron chi connectivity index (χ2n) is 3.52. The Morgan fingerprint density at radius 1 is 1.12 bits per heavy atom. The van der Waals surface area contributed by atoms with E-state index in [1.54, 1.807) is 12.4 Å². The first-order valence-corrected chi connectivity index (χ1v) is 5.05. The molecule has 0 saturated carbocycles. The van der Waals surface area contributed by atoms with Crippen LogP contribution in [-0.4, -0.2) is 9.97 Å². The lowest BCUT2D eigenvalue weighted by Crippen LogP contribution is -2.04. The molecule has 2 rings (SSSR count). The van der Waals surface area contributed by atoms with Gasteiger partial charge in [0.1, 0.15) is 5.92 Å². The molecule has 3 nitrogen and oxygen atoms in total. The number of hydrogen-bond donors (Lipinski definition) is 0. The van der Waals surface area contributed by atoms with E-state index in [0.717, 1.165) is 17.0 Å². The number of nitrogens with zero attached hydrogens (tertiary/aromatic N) is 3. The summed E-state index contributed by atoms with van der Waals surface area (Å²) in [4.78, 5) is 8.47. The monoisotopic (exact) mass is 209 g/mol. The molecular weight excluding hydrogens is 198 g/mol. The Morgan fingerprint density at radius 2 is 1.94 bits per heavy atom. The van der Waals surface area contributed by atoms with E-state index in [1.165, 1.54) is 0 Å². The lowest BCUT2D eigenvalue weighted by molar-refractivity contribution is 0.903. The first-order valence-electron chi connectivity index (χ1n) is 5.05. The summed E-state index contributed by atoms with van der Waals surface area (Å²) in [6, 6.07) is 11.6. The van der Waals surface area contributed by atoms with E-state index >= 15 is 0 Å². The molecule has 0 radical (unpaired) electrons. The third kappa shape index (κ3) is 1.91. The van der Waals surface area contributed by atoms with E-state index in [4.69, 9.17) is 0 Å². The summed E-state index contributed by atoms with van der Waals surface area (Å²) in [6.07, 6.45) is 3.40. The molecule has 0 aliphatic rings. The van der Waals surface area contributed by atoms with Crippen molar-refractivity contribution in [3.05, 3.63) is 59.7 Å². The highest BCUT2D eigenvalue weighted by Crippen LogP contribution is 2.22. The Kier molecular flexibility index (Phi) is 2.93. The predicted molar refractivity (Wildman–Crippen MR) is 60.7 cm³/mol. The van der Waals surface area contributed by atoms with Crippen LogP contribution in [0.5, 0.6) is 0 Å². The zero-order valence-corrected chi connectivity index (χ0v) is 8.96. The fourth-order valence-electron chi connectivity index (χ4n) is 1.61. The van der Waals surface area contributed by atoms with Gasteiger partial charge < -0.3 is 0 Å². The van der Waals surface area contributed by atoms with Gasteiger partial charge in [0, 0.05) is 12.4 Å². The predicted octanol–water partition coefficient (Wildman–Crippen LogP) is 2.44. The smallest absolute Gasteiger partial charge is 0.131 e. The van der Waals surface area contributed by atoms with Gasteiger partial charge in [-0.2, -0.15) is 5.26 Å². The second kappa shape index (κ2) is 4.54. The molecule has 0 spiro atoms. The summed E-state index contributed by atoms with van der Waals surface area (Å²) in [5.74, 6) is -0.387. The minimum atomic E-state index is -0.387. The molecular formula is C13H11N3. The molecule has 0 bridgehead atoms. The van der Waals surface area contributed by atoms with Crippen molar-refractivity contribution in [3.63, 3.8) is 0 Å². The third-order valence-corrected chi connectivity index (χ3v) is 2.44. The fraction of sp³-hybridized carbons (Fsp3) is 0.154. The van der Waals surface area contributed by atoms with Crippen molar-refractivity contribution in [2.75, 3.05) is 0 Å². The van der Waals surface area contributed by atoms with Crippen LogP contribution in [0, 0.1) is 18.3 Å². The summed E-state index contributed by atoms with van der Waals surface area (Å²) in [7, 11) is 0. The van der Waals surface area contributed by atoms with Crippen molar-refractivity contribution in [3.8, 4) is 6.07 Å². The second-order valence-corrected chi connectivity index (χ2v) is 3.52. The van der Waals surface area contributed by atoms with Gasteiger partial charge in [0.25, 0.3) is 0 Å². The Bertz CT molecular complexity index is 514. The van der Waals surface area contributed by atoms with Crippen LogP contribution in [0.2, 0.25) is 0 Å². The van der Waals surface area contributed by atoms with Crippen molar-refractivity contribution in [2.24, 2.45) is 0 Å². The molecule has 0 saturated heterocycles. The van der Waals surface area contributed by atoms with Gasteiger partial charge in [-0.05, 0) is 30.7 Å². The van der Waals surface area contributed by atoms with E-state index in [-0.39, 0.29) is 5.92 Å². The van der Waals surface area contributed by atoms with Gasteiger partial charge in [-0.3, -0.25) is 9.97 Å². The summed E-state index contributed by atoms with van der Waals surface area (Å²) in [6.45, 7) is 1.95. The lowest BCUT2D eigenvalue weighted by Gasteiger charge is -2.09. The zero-order chi connectivity index (χ0) is 11.4. The van der Waals surface area contributed by atoms with Gasteiger partial charge in [0.15, 0.2) is 0 Å². The summed E-state index contributed by atoms with van der Waals surface area (Å²) >= 11 is 0. The standard InChI is InChI=1S/C13H11N3/c1-10-5-4-8-16-13(10)11(9-14)12-6-2-3-7-15-12/h2-8,11H,1H3. The Morgan fingerprint density at radius 3 is 2.56 bits per heavy atom. The highest BCUT2D eigenvalue weighted by Gasteiger charge is 2.17. The van der Waals surface area contributed by atoms with Crippen LogP contribution in [0.3, 0.4) is 0 Å². The van der Waals surface area contributed by atoms with E-state index in [2.05, 4.69) is 16.0 Å². The summed E-state index contributed by atoms with van der Waals surface area (Å²) in [5.41, 5.74) is 2.54. The summed E-state index contributed by atoms with van der Waals surface area (Å²) in [5, 5.41) is 9.23. The SMILES string of the molecule is Cc1cccnc1C(C#N)c1ccccn1. The largest absolute Gasteiger partial charge is 0.259 e. The topological polar surface area (TPSA) is 49.6 Å². The third-order valence-electron chi connectivity index (χ3n) is 2.44. The molecule has 0 amide bonds. The van der Waals surface area contributed by atoms with Crippen LogP contribution < -0.4 is 0 Å². The quantitative estimate of drug-likeness (QED) is 0.763. The molecule has 16 heavy (non-hydrogen) atoms. The van der Waals surface area contributed by atoms with Crippen molar-refractivity contribution in [2.45, 2.75) is 12.8 Å². The highest BCUT2D eigenvalue weighted by atomic mass is 14.7. The molecule has 0 N–H and O–H groups in total. The van der Waals surface area contributed by atoms with E-state index in [0.29, 0.717) is 0 Å². The maximum atomic E-state index is 9.23. The number of aromatic nitrogens is 2. The van der Waals surface area contributed by atoms with Gasteiger partial charge in [0.2, 0.25) is 0 Å². The van der Waals surface area contributed by atoms with E-state index in [9.17, 15) is 5.26 Å². The van der Waals surface area contributed by atoms with Crippen LogP contribution in [-0.2, 0) is 0 Å². The van der Waals surface area contributed by atoms with Gasteiger partial charge in [-0.15, -0.1) is 0 Å². The fourth-order valence-corrected chi connectivity index (χ4v) is 1.61. The number of aryl methyl sites for hydroxylation is 1. The first kappa shape index (κ1) is 10.3. The van der Waals surface area contributed by atoms with Gasteiger partial charge in [-0.25, -0.2) is 0 Å². The minimum absolute atomic E-state index is 0.387. The molecule has 1 atom stereocenters. The molecule has 0 aliphatic carbocycles. The minimum Gasteiger partial charge on any atom is -0.259 e. The van der Waals surface area contributed by atoms with Crippen molar-refractivity contribution < 1.29 is 0 Å². The highest BCUT2D eigenvalue weighted by molar-refractivity contribution is 5.34. The van der Waals surface area contributed by atoms with Crippen molar-refractivity contribution in [1.82, 2.24) is 9.97 Å². The molecule has 1 unspecified atom stereocenters. The lowest BCUT2D eigenvalue weighted by atomic mass is 9.98. The van der Waals surface area contributed by atoms with Gasteiger partial charge in [-0.1, -0.05) is 12.1 Å². The first-order chi connectivity index (χ1) is 7.83. The maximum Gasteiger partial charge on any atom is 0.131 e. The maximum absolute atomic E-state index is 9.23. The van der Waals surface area contributed by atoms with Crippen molar-refractivity contribution >= 4 is 0 Å². The summed E-state index contributed by atoms with van der Waals surface area (Å²) < 4.78 is 0. The molecule has 0 aromatic carbocycles. The van der Waals surface area contributed by atoms with Crippen LogP contribution in [0.4, 0.5) is 0 Å². The van der Waals surface area contributed by atoms with Gasteiger partial charge >= 0.3 is 0 Å². The normalized spacial score (nSPS) is 11.8. The van der Waals surface area contributed by atoms with Gasteiger partial charge in [0.05, 0.1) is 17.5 Å². The molecule has 2 heterocycles. The number of pyridine rings is 2. The molecule has 2 aromatic heterocycles. The van der Waals surface area contributed by atoms with Crippen LogP contribution in [0.15, 0.2) is 42.7 Å². The zero-order valence-electron chi connectivity index (χ0n) is 8.96. The van der Waals surface area contributed by atoms with Crippen LogP contribution >= 0.6 is 0 Å². The Labute approximate surface area is 94.4 Å². The number of rotatable bonds is 2. The molecule has 2 aromatic rings. The molecule has 0 fully saturated rings. The Hall–Kier alpha value is -2.21.